The zero-order chi connectivity index (χ0) is 13.8. The van der Waals surface area contributed by atoms with Crippen LogP contribution in [0.5, 0.6) is 0 Å². The highest BCUT2D eigenvalue weighted by molar-refractivity contribution is 5.42. The van der Waals surface area contributed by atoms with Crippen molar-refractivity contribution in [2.24, 2.45) is 5.92 Å². The van der Waals surface area contributed by atoms with E-state index in [1.165, 1.54) is 0 Å². The molecule has 0 aliphatic heterocycles. The Bertz CT molecular complexity index is 491. The van der Waals surface area contributed by atoms with Crippen molar-refractivity contribution >= 4 is 0 Å². The molecule has 2 rings (SSSR count). The van der Waals surface area contributed by atoms with Gasteiger partial charge in [-0.15, -0.1) is 10.2 Å². The van der Waals surface area contributed by atoms with E-state index in [0.717, 1.165) is 6.42 Å². The van der Waals surface area contributed by atoms with Crippen LogP contribution in [0.4, 0.5) is 0 Å². The van der Waals surface area contributed by atoms with Gasteiger partial charge in [0.1, 0.15) is 0 Å². The van der Waals surface area contributed by atoms with E-state index in [1.807, 2.05) is 6.07 Å². The summed E-state index contributed by atoms with van der Waals surface area (Å²) in [6.45, 7) is 7.32. The van der Waals surface area contributed by atoms with Crippen molar-refractivity contribution < 1.29 is 8.83 Å². The van der Waals surface area contributed by atoms with Gasteiger partial charge < -0.3 is 8.83 Å². The van der Waals surface area contributed by atoms with Gasteiger partial charge in [-0.3, -0.25) is 4.90 Å². The summed E-state index contributed by atoms with van der Waals surface area (Å²) in [5.41, 5.74) is 0. The fourth-order valence-electron chi connectivity index (χ4n) is 2.05. The summed E-state index contributed by atoms with van der Waals surface area (Å²) in [5, 5.41) is 8.05. The summed E-state index contributed by atoms with van der Waals surface area (Å²) < 4.78 is 10.8. The van der Waals surface area contributed by atoms with Crippen LogP contribution in [-0.2, 0) is 6.54 Å². The molecule has 0 bridgehead atoms. The second kappa shape index (κ2) is 6.02. The molecule has 19 heavy (non-hydrogen) atoms. The minimum absolute atomic E-state index is 0.435. The van der Waals surface area contributed by atoms with Gasteiger partial charge in [0.2, 0.25) is 5.89 Å². The fourth-order valence-corrected chi connectivity index (χ4v) is 2.05. The van der Waals surface area contributed by atoms with Crippen molar-refractivity contribution in [1.29, 1.82) is 0 Å². The lowest BCUT2D eigenvalue weighted by Gasteiger charge is -2.24. The van der Waals surface area contributed by atoms with Gasteiger partial charge in [0.15, 0.2) is 5.76 Å². The van der Waals surface area contributed by atoms with E-state index in [2.05, 4.69) is 42.9 Å². The number of hydrogen-bond donors (Lipinski definition) is 0. The molecule has 2 aromatic rings. The van der Waals surface area contributed by atoms with Crippen molar-refractivity contribution in [2.45, 2.75) is 39.8 Å². The largest absolute Gasteiger partial charge is 0.459 e. The molecule has 1 atom stereocenters. The van der Waals surface area contributed by atoms with Crippen LogP contribution >= 0.6 is 0 Å². The van der Waals surface area contributed by atoms with Crippen LogP contribution in [0, 0.1) is 5.92 Å². The SMILES string of the molecule is CC(C)C[C@@H](C)N(C)Cc1nnc(-c2ccco2)o1. The molecule has 0 unspecified atom stereocenters. The summed E-state index contributed by atoms with van der Waals surface area (Å²) in [6.07, 6.45) is 2.74. The van der Waals surface area contributed by atoms with Gasteiger partial charge in [0.25, 0.3) is 5.89 Å². The predicted molar refractivity (Wildman–Crippen MR) is 72.4 cm³/mol. The van der Waals surface area contributed by atoms with E-state index >= 15 is 0 Å². The molecule has 0 spiro atoms. The van der Waals surface area contributed by atoms with Crippen LogP contribution in [0.3, 0.4) is 0 Å². The predicted octanol–water partition coefficient (Wildman–Crippen LogP) is 3.20. The number of rotatable bonds is 6. The highest BCUT2D eigenvalue weighted by Gasteiger charge is 2.16. The Morgan fingerprint density at radius 3 is 2.68 bits per heavy atom. The minimum Gasteiger partial charge on any atom is -0.459 e. The fraction of sp³-hybridized carbons (Fsp3) is 0.571. The Balaban J connectivity index is 1.96. The first-order chi connectivity index (χ1) is 9.06. The Morgan fingerprint density at radius 2 is 2.05 bits per heavy atom. The number of furan rings is 1. The maximum Gasteiger partial charge on any atom is 0.283 e. The van der Waals surface area contributed by atoms with E-state index in [9.17, 15) is 0 Å². The van der Waals surface area contributed by atoms with Crippen LogP contribution in [-0.4, -0.2) is 28.2 Å². The Kier molecular flexibility index (Phi) is 4.37. The topological polar surface area (TPSA) is 55.3 Å². The summed E-state index contributed by atoms with van der Waals surface area (Å²) in [7, 11) is 2.07. The zero-order valence-electron chi connectivity index (χ0n) is 12.0. The van der Waals surface area contributed by atoms with Gasteiger partial charge in [0.05, 0.1) is 12.8 Å². The molecule has 2 aromatic heterocycles. The summed E-state index contributed by atoms with van der Waals surface area (Å²) in [6, 6.07) is 4.09. The van der Waals surface area contributed by atoms with Crippen molar-refractivity contribution in [3.63, 3.8) is 0 Å². The van der Waals surface area contributed by atoms with Crippen molar-refractivity contribution in [1.82, 2.24) is 15.1 Å². The average Bonchev–Trinajstić information content (AvgIpc) is 2.96. The van der Waals surface area contributed by atoms with E-state index < -0.39 is 0 Å². The first kappa shape index (κ1) is 13.8. The molecule has 0 N–H and O–H groups in total. The van der Waals surface area contributed by atoms with Crippen LogP contribution in [0.1, 0.15) is 33.1 Å². The Hall–Kier alpha value is -1.62. The van der Waals surface area contributed by atoms with E-state index in [4.69, 9.17) is 8.83 Å². The van der Waals surface area contributed by atoms with Crippen LogP contribution in [0.2, 0.25) is 0 Å². The van der Waals surface area contributed by atoms with E-state index in [1.54, 1.807) is 12.3 Å². The molecule has 0 aliphatic carbocycles. The lowest BCUT2D eigenvalue weighted by Crippen LogP contribution is -2.29. The quantitative estimate of drug-likeness (QED) is 0.801. The molecule has 0 aromatic carbocycles. The highest BCUT2D eigenvalue weighted by atomic mass is 16.4. The standard InChI is InChI=1S/C14H21N3O2/c1-10(2)8-11(3)17(4)9-13-15-16-14(19-13)12-6-5-7-18-12/h5-7,10-11H,8-9H2,1-4H3/t11-/m1/s1. The molecule has 5 nitrogen and oxygen atoms in total. The number of hydrogen-bond acceptors (Lipinski definition) is 5. The van der Waals surface area contributed by atoms with Gasteiger partial charge in [-0.05, 0) is 38.4 Å². The van der Waals surface area contributed by atoms with Crippen molar-refractivity contribution in [3.05, 3.63) is 24.3 Å². The van der Waals surface area contributed by atoms with Gasteiger partial charge in [-0.1, -0.05) is 13.8 Å². The maximum atomic E-state index is 5.60. The minimum atomic E-state index is 0.435. The van der Waals surface area contributed by atoms with E-state index in [0.29, 0.717) is 36.0 Å². The lowest BCUT2D eigenvalue weighted by molar-refractivity contribution is 0.202. The third kappa shape index (κ3) is 3.67. The Morgan fingerprint density at radius 1 is 1.26 bits per heavy atom. The highest BCUT2D eigenvalue weighted by Crippen LogP contribution is 2.19. The molecule has 0 fully saturated rings. The molecule has 0 aliphatic rings. The molecule has 0 saturated heterocycles. The third-order valence-electron chi connectivity index (χ3n) is 3.15. The number of nitrogens with zero attached hydrogens (tertiary/aromatic N) is 3. The zero-order valence-corrected chi connectivity index (χ0v) is 12.0. The summed E-state index contributed by atoms with van der Waals surface area (Å²) >= 11 is 0. The molecule has 0 radical (unpaired) electrons. The van der Waals surface area contributed by atoms with Gasteiger partial charge >= 0.3 is 0 Å². The monoisotopic (exact) mass is 263 g/mol. The second-order valence-corrected chi connectivity index (χ2v) is 5.37. The van der Waals surface area contributed by atoms with Crippen molar-refractivity contribution in [3.8, 4) is 11.7 Å². The molecule has 5 heteroatoms. The molecule has 104 valence electrons. The third-order valence-corrected chi connectivity index (χ3v) is 3.15. The molecular formula is C14H21N3O2. The maximum absolute atomic E-state index is 5.60. The average molecular weight is 263 g/mol. The second-order valence-electron chi connectivity index (χ2n) is 5.37. The first-order valence-electron chi connectivity index (χ1n) is 6.62. The van der Waals surface area contributed by atoms with Crippen molar-refractivity contribution in [2.75, 3.05) is 7.05 Å². The normalized spacial score (nSPS) is 13.4. The molecule has 0 saturated carbocycles. The molecule has 0 amide bonds. The molecular weight excluding hydrogens is 242 g/mol. The molecule has 2 heterocycles. The number of aromatic nitrogens is 2. The Labute approximate surface area is 113 Å². The van der Waals surface area contributed by atoms with Gasteiger partial charge in [-0.25, -0.2) is 0 Å². The lowest BCUT2D eigenvalue weighted by atomic mass is 10.0. The summed E-state index contributed by atoms with van der Waals surface area (Å²) in [5.74, 6) is 2.34. The van der Waals surface area contributed by atoms with Gasteiger partial charge in [0, 0.05) is 6.04 Å². The van der Waals surface area contributed by atoms with Gasteiger partial charge in [-0.2, -0.15) is 0 Å². The van der Waals surface area contributed by atoms with E-state index in [-0.39, 0.29) is 0 Å². The van der Waals surface area contributed by atoms with Crippen LogP contribution in [0.15, 0.2) is 27.2 Å². The smallest absolute Gasteiger partial charge is 0.283 e. The van der Waals surface area contributed by atoms with Crippen LogP contribution in [0.25, 0.3) is 11.7 Å². The summed E-state index contributed by atoms with van der Waals surface area (Å²) in [4.78, 5) is 2.22. The van der Waals surface area contributed by atoms with Crippen LogP contribution < -0.4 is 0 Å². The first-order valence-corrected chi connectivity index (χ1v) is 6.62.